The number of halogens is 2. The highest BCUT2D eigenvalue weighted by atomic mass is 32.2. The highest BCUT2D eigenvalue weighted by Gasteiger charge is 2.28. The van der Waals surface area contributed by atoms with Crippen LogP contribution in [0.5, 0.6) is 0 Å². The molecule has 0 spiro atoms. The van der Waals surface area contributed by atoms with Crippen LogP contribution >= 0.6 is 0 Å². The van der Waals surface area contributed by atoms with Crippen LogP contribution in [-0.4, -0.2) is 49.5 Å². The second-order valence-corrected chi connectivity index (χ2v) is 12.3. The zero-order chi connectivity index (χ0) is 34.1. The number of anilines is 2. The molecule has 1 heterocycles. The molecule has 248 valence electrons. The van der Waals surface area contributed by atoms with Crippen molar-refractivity contribution in [3.8, 4) is 11.1 Å². The first-order valence-corrected chi connectivity index (χ1v) is 16.2. The number of nitrogens with one attached hydrogen (secondary N) is 2. The van der Waals surface area contributed by atoms with Crippen molar-refractivity contribution in [1.82, 2.24) is 15.3 Å². The summed E-state index contributed by atoms with van der Waals surface area (Å²) in [6.07, 6.45) is 3.82. The quantitative estimate of drug-likeness (QED) is 0.124. The van der Waals surface area contributed by atoms with E-state index in [2.05, 4.69) is 15.3 Å². The Morgan fingerprint density at radius 2 is 1.55 bits per heavy atom. The molecule has 4 aromatic rings. The lowest BCUT2D eigenvalue weighted by Gasteiger charge is -2.22. The number of benzene rings is 3. The van der Waals surface area contributed by atoms with Gasteiger partial charge in [0.15, 0.2) is 5.82 Å². The summed E-state index contributed by atoms with van der Waals surface area (Å²) in [7, 11) is -2.84. The minimum Gasteiger partial charge on any atom is -0.461 e. The minimum absolute atomic E-state index is 0.00206. The molecule has 0 bridgehead atoms. The van der Waals surface area contributed by atoms with Crippen molar-refractivity contribution in [3.63, 3.8) is 0 Å². The van der Waals surface area contributed by atoms with Gasteiger partial charge in [0.05, 0.1) is 16.1 Å². The number of hydrogen-bond donors (Lipinski definition) is 3. The number of carbonyl (C=O) groups is 2. The van der Waals surface area contributed by atoms with Gasteiger partial charge in [-0.25, -0.2) is 32.0 Å². The SMILES string of the molecule is CCC(CC)OC(=O)[C@H](Cc1ccc(N)cc1)NC(=O)c1cc(F)c(NS(=O)(=O)c2ccc(-c3cnc(COC)nc3)cc2)cc1F. The van der Waals surface area contributed by atoms with Crippen LogP contribution < -0.4 is 15.8 Å². The van der Waals surface area contributed by atoms with Crippen LogP contribution in [-0.2, 0) is 37.3 Å². The van der Waals surface area contributed by atoms with E-state index in [1.165, 1.54) is 31.4 Å². The lowest BCUT2D eigenvalue weighted by molar-refractivity contribution is -0.151. The second-order valence-electron chi connectivity index (χ2n) is 10.6. The Bertz CT molecular complexity index is 1800. The van der Waals surface area contributed by atoms with Gasteiger partial charge in [-0.2, -0.15) is 0 Å². The smallest absolute Gasteiger partial charge is 0.329 e. The van der Waals surface area contributed by atoms with Crippen molar-refractivity contribution in [2.75, 3.05) is 17.6 Å². The van der Waals surface area contributed by atoms with E-state index in [9.17, 15) is 18.0 Å². The van der Waals surface area contributed by atoms with Gasteiger partial charge in [0.25, 0.3) is 15.9 Å². The molecule has 1 aromatic heterocycles. The van der Waals surface area contributed by atoms with Crippen LogP contribution in [0.4, 0.5) is 20.2 Å². The number of methoxy groups -OCH3 is 1. The Labute approximate surface area is 271 Å². The predicted octanol–water partition coefficient (Wildman–Crippen LogP) is 5.02. The number of carbonyl (C=O) groups excluding carboxylic acids is 2. The van der Waals surface area contributed by atoms with E-state index in [1.54, 1.807) is 36.7 Å². The standard InChI is InChI=1S/C33H35F2N5O6S/c1-4-24(5-2)46-33(42)30(14-20-6-10-23(36)11-7-20)39-32(41)26-15-28(35)29(16-27(26)34)40-47(43,44)25-12-8-21(9-13-25)22-17-37-31(19-45-3)38-18-22/h6-13,15-18,24,30,40H,4-5,14,19,36H2,1-3H3,(H,39,41)/t30-/m0/s1. The first-order chi connectivity index (χ1) is 22.4. The molecular formula is C33H35F2N5O6S. The minimum atomic E-state index is -4.36. The number of esters is 1. The maximum Gasteiger partial charge on any atom is 0.329 e. The molecule has 1 atom stereocenters. The Kier molecular flexibility index (Phi) is 11.6. The Morgan fingerprint density at radius 3 is 2.15 bits per heavy atom. The molecule has 0 aliphatic heterocycles. The van der Waals surface area contributed by atoms with Gasteiger partial charge in [-0.05, 0) is 54.3 Å². The fourth-order valence-electron chi connectivity index (χ4n) is 4.56. The molecule has 0 unspecified atom stereocenters. The summed E-state index contributed by atoms with van der Waals surface area (Å²) in [6.45, 7) is 3.93. The fourth-order valence-corrected chi connectivity index (χ4v) is 5.62. The van der Waals surface area contributed by atoms with Crippen LogP contribution in [0.15, 0.2) is 78.0 Å². The molecule has 4 N–H and O–H groups in total. The Hall–Kier alpha value is -4.95. The molecule has 0 saturated heterocycles. The fraction of sp³-hybridized carbons (Fsp3) is 0.273. The summed E-state index contributed by atoms with van der Waals surface area (Å²) in [5.41, 5.74) is 6.69. The number of ether oxygens (including phenoxy) is 2. The number of rotatable bonds is 14. The summed E-state index contributed by atoms with van der Waals surface area (Å²) in [5, 5.41) is 2.43. The van der Waals surface area contributed by atoms with E-state index in [-0.39, 0.29) is 17.9 Å². The third-order valence-corrected chi connectivity index (χ3v) is 8.61. The number of sulfonamides is 1. The molecule has 0 fully saturated rings. The van der Waals surface area contributed by atoms with E-state index >= 15 is 8.78 Å². The largest absolute Gasteiger partial charge is 0.461 e. The van der Waals surface area contributed by atoms with E-state index in [1.807, 2.05) is 18.6 Å². The van der Waals surface area contributed by atoms with Crippen molar-refractivity contribution in [3.05, 3.63) is 102 Å². The van der Waals surface area contributed by atoms with Gasteiger partial charge in [0, 0.05) is 43.2 Å². The molecule has 14 heteroatoms. The van der Waals surface area contributed by atoms with Gasteiger partial charge in [-0.1, -0.05) is 38.1 Å². The number of nitrogen functional groups attached to an aromatic ring is 1. The molecule has 0 aliphatic rings. The van der Waals surface area contributed by atoms with Crippen molar-refractivity contribution >= 4 is 33.3 Å². The van der Waals surface area contributed by atoms with Crippen LogP contribution in [0, 0.1) is 11.6 Å². The molecule has 3 aromatic carbocycles. The molecular weight excluding hydrogens is 632 g/mol. The zero-order valence-electron chi connectivity index (χ0n) is 26.0. The van der Waals surface area contributed by atoms with Crippen LogP contribution in [0.1, 0.15) is 48.4 Å². The number of nitrogens with two attached hydrogens (primary N) is 1. The van der Waals surface area contributed by atoms with Crippen molar-refractivity contribution in [1.29, 1.82) is 0 Å². The molecule has 0 radical (unpaired) electrons. The Balaban J connectivity index is 1.51. The summed E-state index contributed by atoms with van der Waals surface area (Å²) < 4.78 is 68.9. The first-order valence-electron chi connectivity index (χ1n) is 14.7. The molecule has 11 nitrogen and oxygen atoms in total. The van der Waals surface area contributed by atoms with Gasteiger partial charge in [0.1, 0.15) is 30.4 Å². The van der Waals surface area contributed by atoms with Gasteiger partial charge in [-0.3, -0.25) is 9.52 Å². The maximum atomic E-state index is 15.2. The summed E-state index contributed by atoms with van der Waals surface area (Å²) >= 11 is 0. The third kappa shape index (κ3) is 9.08. The lowest BCUT2D eigenvalue weighted by Crippen LogP contribution is -2.44. The molecule has 1 amide bonds. The monoisotopic (exact) mass is 667 g/mol. The average Bonchev–Trinajstić information content (AvgIpc) is 3.06. The molecule has 0 aliphatic carbocycles. The number of amides is 1. The summed E-state index contributed by atoms with van der Waals surface area (Å²) in [4.78, 5) is 34.3. The number of aromatic nitrogens is 2. The maximum absolute atomic E-state index is 15.2. The summed E-state index contributed by atoms with van der Waals surface area (Å²) in [5.74, 6) is -3.77. The van der Waals surface area contributed by atoms with E-state index < -0.39 is 56.9 Å². The average molecular weight is 668 g/mol. The van der Waals surface area contributed by atoms with Crippen LogP contribution in [0.25, 0.3) is 11.1 Å². The van der Waals surface area contributed by atoms with Gasteiger partial charge in [0.2, 0.25) is 0 Å². The Morgan fingerprint density at radius 1 is 0.915 bits per heavy atom. The molecule has 47 heavy (non-hydrogen) atoms. The second kappa shape index (κ2) is 15.6. The van der Waals surface area contributed by atoms with Gasteiger partial charge in [-0.15, -0.1) is 0 Å². The summed E-state index contributed by atoms with van der Waals surface area (Å²) in [6, 6.07) is 12.1. The van der Waals surface area contributed by atoms with E-state index in [0.29, 0.717) is 53.2 Å². The van der Waals surface area contributed by atoms with Gasteiger partial charge >= 0.3 is 5.97 Å². The first kappa shape index (κ1) is 34.9. The molecule has 0 saturated carbocycles. The van der Waals surface area contributed by atoms with E-state index in [0.717, 1.165) is 0 Å². The normalized spacial score (nSPS) is 12.0. The number of hydrogen-bond acceptors (Lipinski definition) is 9. The lowest BCUT2D eigenvalue weighted by atomic mass is 10.0. The van der Waals surface area contributed by atoms with Gasteiger partial charge < -0.3 is 20.5 Å². The van der Waals surface area contributed by atoms with Crippen molar-refractivity contribution in [2.45, 2.75) is 56.8 Å². The van der Waals surface area contributed by atoms with Crippen LogP contribution in [0.2, 0.25) is 0 Å². The zero-order valence-corrected chi connectivity index (χ0v) is 26.8. The van der Waals surface area contributed by atoms with Crippen LogP contribution in [0.3, 0.4) is 0 Å². The van der Waals surface area contributed by atoms with Crippen molar-refractivity contribution < 1.29 is 36.3 Å². The topological polar surface area (TPSA) is 163 Å². The van der Waals surface area contributed by atoms with Crippen molar-refractivity contribution in [2.24, 2.45) is 0 Å². The predicted molar refractivity (Wildman–Crippen MR) is 172 cm³/mol. The molecule has 4 rings (SSSR count). The highest BCUT2D eigenvalue weighted by molar-refractivity contribution is 7.92. The highest BCUT2D eigenvalue weighted by Crippen LogP contribution is 2.25. The van der Waals surface area contributed by atoms with E-state index in [4.69, 9.17) is 15.2 Å². The third-order valence-electron chi connectivity index (χ3n) is 7.23. The number of nitrogens with zero attached hydrogens (tertiary/aromatic N) is 2.